The van der Waals surface area contributed by atoms with E-state index in [4.69, 9.17) is 9.84 Å². The number of carbonyl (C=O) groups is 1. The molecule has 5 nitrogen and oxygen atoms in total. The van der Waals surface area contributed by atoms with E-state index >= 15 is 0 Å². The van der Waals surface area contributed by atoms with Crippen LogP contribution in [0.2, 0.25) is 0 Å². The van der Waals surface area contributed by atoms with Crippen LogP contribution < -0.4 is 10.6 Å². The minimum Gasteiger partial charge on any atom is -0.444 e. The number of ether oxygens (including phenoxy) is 1. The molecule has 118 valence electrons. The molecule has 1 fully saturated rings. The average Bonchev–Trinajstić information content (AvgIpc) is 2.71. The summed E-state index contributed by atoms with van der Waals surface area (Å²) < 4.78 is 5.27. The highest BCUT2D eigenvalue weighted by molar-refractivity contribution is 5.68. The van der Waals surface area contributed by atoms with Crippen molar-refractivity contribution in [3.8, 4) is 0 Å². The van der Waals surface area contributed by atoms with E-state index in [9.17, 15) is 4.79 Å². The lowest BCUT2D eigenvalue weighted by Gasteiger charge is -2.22. The van der Waals surface area contributed by atoms with Gasteiger partial charge in [0, 0.05) is 24.7 Å². The molecule has 0 bridgehead atoms. The third-order valence-corrected chi connectivity index (χ3v) is 3.47. The van der Waals surface area contributed by atoms with Crippen molar-refractivity contribution in [2.45, 2.75) is 83.5 Å². The Labute approximate surface area is 122 Å². The molecule has 0 heterocycles. The number of hydrogen-bond donors (Lipinski definition) is 3. The van der Waals surface area contributed by atoms with Crippen LogP contribution in [0.1, 0.15) is 59.8 Å². The van der Waals surface area contributed by atoms with E-state index in [1.54, 1.807) is 0 Å². The fourth-order valence-corrected chi connectivity index (χ4v) is 2.62. The zero-order chi connectivity index (χ0) is 15.2. The molecule has 20 heavy (non-hydrogen) atoms. The van der Waals surface area contributed by atoms with Gasteiger partial charge >= 0.3 is 6.09 Å². The van der Waals surface area contributed by atoms with Gasteiger partial charge in [-0.15, -0.1) is 0 Å². The topological polar surface area (TPSA) is 70.6 Å². The molecule has 3 N–H and O–H groups in total. The van der Waals surface area contributed by atoms with Crippen LogP contribution >= 0.6 is 0 Å². The van der Waals surface area contributed by atoms with Gasteiger partial charge in [0.05, 0.1) is 0 Å². The van der Waals surface area contributed by atoms with Crippen LogP contribution in [0.25, 0.3) is 0 Å². The number of nitrogens with one attached hydrogen (secondary N) is 2. The summed E-state index contributed by atoms with van der Waals surface area (Å²) in [6.45, 7) is 8.00. The molecule has 1 aliphatic rings. The van der Waals surface area contributed by atoms with Crippen molar-refractivity contribution in [3.63, 3.8) is 0 Å². The molecular formula is C15H30N2O3. The number of hydrogen-bond acceptors (Lipinski definition) is 4. The van der Waals surface area contributed by atoms with Crippen molar-refractivity contribution in [2.75, 3.05) is 6.61 Å². The molecule has 0 spiro atoms. The maximum Gasteiger partial charge on any atom is 0.407 e. The molecule has 1 saturated carbocycles. The van der Waals surface area contributed by atoms with Crippen LogP contribution in [0.5, 0.6) is 0 Å². The van der Waals surface area contributed by atoms with E-state index in [2.05, 4.69) is 17.6 Å². The highest BCUT2D eigenvalue weighted by Gasteiger charge is 2.28. The van der Waals surface area contributed by atoms with Gasteiger partial charge < -0.3 is 20.5 Å². The second-order valence-corrected chi connectivity index (χ2v) is 6.79. The first-order valence-corrected chi connectivity index (χ1v) is 7.66. The Morgan fingerprint density at radius 2 is 2.00 bits per heavy atom. The van der Waals surface area contributed by atoms with Crippen molar-refractivity contribution >= 4 is 6.09 Å². The molecule has 0 saturated heterocycles. The molecule has 0 aromatic carbocycles. The molecule has 5 heteroatoms. The molecule has 3 atom stereocenters. The Hall–Kier alpha value is -0.810. The van der Waals surface area contributed by atoms with Gasteiger partial charge in [-0.25, -0.2) is 4.79 Å². The Kier molecular flexibility index (Phi) is 6.76. The lowest BCUT2D eigenvalue weighted by atomic mass is 10.1. The molecular weight excluding hydrogens is 256 g/mol. The standard InChI is InChI=1S/C15H30N2O3/c1-11(6-5-9-18)16-12-7-8-13(10-12)17-14(19)20-15(2,3)4/h11-13,16,18H,5-10H2,1-4H3,(H,17,19). The van der Waals surface area contributed by atoms with Crippen LogP contribution in [-0.2, 0) is 4.74 Å². The summed E-state index contributed by atoms with van der Waals surface area (Å²) in [4.78, 5) is 11.7. The quantitative estimate of drug-likeness (QED) is 0.700. The zero-order valence-electron chi connectivity index (χ0n) is 13.2. The molecule has 1 rings (SSSR count). The Morgan fingerprint density at radius 1 is 1.35 bits per heavy atom. The summed E-state index contributed by atoms with van der Waals surface area (Å²) in [6, 6.07) is 1.06. The van der Waals surface area contributed by atoms with Crippen molar-refractivity contribution in [1.29, 1.82) is 0 Å². The summed E-state index contributed by atoms with van der Waals surface area (Å²) in [5.74, 6) is 0. The molecule has 1 aliphatic carbocycles. The van der Waals surface area contributed by atoms with Crippen LogP contribution in [0.4, 0.5) is 4.79 Å². The van der Waals surface area contributed by atoms with E-state index < -0.39 is 5.60 Å². The fraction of sp³-hybridized carbons (Fsp3) is 0.933. The van der Waals surface area contributed by atoms with Crippen molar-refractivity contribution in [3.05, 3.63) is 0 Å². The predicted octanol–water partition coefficient (Wildman–Crippen LogP) is 2.18. The van der Waals surface area contributed by atoms with Crippen LogP contribution in [0.3, 0.4) is 0 Å². The third kappa shape index (κ3) is 7.10. The van der Waals surface area contributed by atoms with Gasteiger partial charge in [0.2, 0.25) is 0 Å². The summed E-state index contributed by atoms with van der Waals surface area (Å²) in [7, 11) is 0. The summed E-state index contributed by atoms with van der Waals surface area (Å²) >= 11 is 0. The maximum atomic E-state index is 11.7. The van der Waals surface area contributed by atoms with Crippen molar-refractivity contribution in [2.24, 2.45) is 0 Å². The third-order valence-electron chi connectivity index (χ3n) is 3.47. The van der Waals surface area contributed by atoms with E-state index in [1.807, 2.05) is 20.8 Å². The lowest BCUT2D eigenvalue weighted by Crippen LogP contribution is -2.40. The van der Waals surface area contributed by atoms with E-state index in [-0.39, 0.29) is 18.7 Å². The largest absolute Gasteiger partial charge is 0.444 e. The Bertz CT molecular complexity index is 302. The summed E-state index contributed by atoms with van der Waals surface area (Å²) in [6.07, 6.45) is 4.50. The number of aliphatic hydroxyl groups excluding tert-OH is 1. The minimum absolute atomic E-state index is 0.201. The van der Waals surface area contributed by atoms with Crippen LogP contribution in [0.15, 0.2) is 0 Å². The first kappa shape index (κ1) is 17.2. The monoisotopic (exact) mass is 286 g/mol. The van der Waals surface area contributed by atoms with E-state index in [1.165, 1.54) is 0 Å². The average molecular weight is 286 g/mol. The normalized spacial score (nSPS) is 24.4. The van der Waals surface area contributed by atoms with Gasteiger partial charge in [0.15, 0.2) is 0 Å². The summed E-state index contributed by atoms with van der Waals surface area (Å²) in [5.41, 5.74) is -0.445. The number of aliphatic hydroxyl groups is 1. The molecule has 3 unspecified atom stereocenters. The molecule has 0 aromatic rings. The Morgan fingerprint density at radius 3 is 2.60 bits per heavy atom. The molecule has 1 amide bonds. The van der Waals surface area contributed by atoms with Crippen LogP contribution in [0, 0.1) is 0 Å². The van der Waals surface area contributed by atoms with Gasteiger partial charge in [-0.3, -0.25) is 0 Å². The van der Waals surface area contributed by atoms with Gasteiger partial charge in [-0.1, -0.05) is 0 Å². The first-order valence-electron chi connectivity index (χ1n) is 7.66. The van der Waals surface area contributed by atoms with Gasteiger partial charge in [0.1, 0.15) is 5.60 Å². The van der Waals surface area contributed by atoms with Gasteiger partial charge in [-0.05, 0) is 59.8 Å². The number of rotatable bonds is 6. The molecule has 0 aliphatic heterocycles. The lowest BCUT2D eigenvalue weighted by molar-refractivity contribution is 0.0505. The predicted molar refractivity (Wildman–Crippen MR) is 79.7 cm³/mol. The van der Waals surface area contributed by atoms with Crippen molar-refractivity contribution < 1.29 is 14.6 Å². The van der Waals surface area contributed by atoms with Gasteiger partial charge in [-0.2, -0.15) is 0 Å². The number of alkyl carbamates (subject to hydrolysis) is 1. The molecule has 0 radical (unpaired) electrons. The highest BCUT2D eigenvalue weighted by Crippen LogP contribution is 2.20. The van der Waals surface area contributed by atoms with E-state index in [0.29, 0.717) is 12.1 Å². The number of amides is 1. The second-order valence-electron chi connectivity index (χ2n) is 6.79. The molecule has 0 aromatic heterocycles. The number of carbonyl (C=O) groups excluding carboxylic acids is 1. The summed E-state index contributed by atoms with van der Waals surface area (Å²) in [5, 5.41) is 15.3. The zero-order valence-corrected chi connectivity index (χ0v) is 13.2. The fourth-order valence-electron chi connectivity index (χ4n) is 2.62. The highest BCUT2D eigenvalue weighted by atomic mass is 16.6. The van der Waals surface area contributed by atoms with Crippen molar-refractivity contribution in [1.82, 2.24) is 10.6 Å². The maximum absolute atomic E-state index is 11.7. The SMILES string of the molecule is CC(CCCO)NC1CCC(NC(=O)OC(C)(C)C)C1. The van der Waals surface area contributed by atoms with E-state index in [0.717, 1.165) is 32.1 Å². The smallest absolute Gasteiger partial charge is 0.407 e. The van der Waals surface area contributed by atoms with Gasteiger partial charge in [0.25, 0.3) is 0 Å². The van der Waals surface area contributed by atoms with Crippen LogP contribution in [-0.4, -0.2) is 41.5 Å². The first-order chi connectivity index (χ1) is 9.30. The Balaban J connectivity index is 2.24. The second kappa shape index (κ2) is 7.84. The minimum atomic E-state index is -0.445.